The fourth-order valence-corrected chi connectivity index (χ4v) is 3.05. The number of hydrogen-bond acceptors (Lipinski definition) is 10. The highest BCUT2D eigenvalue weighted by molar-refractivity contribution is 6.01. The second-order valence-electron chi connectivity index (χ2n) is 8.65. The van der Waals surface area contributed by atoms with E-state index in [4.69, 9.17) is 14.4 Å². The predicted octanol–water partition coefficient (Wildman–Crippen LogP) is 0.446. The van der Waals surface area contributed by atoms with Crippen LogP contribution in [-0.4, -0.2) is 68.9 Å². The zero-order valence-corrected chi connectivity index (χ0v) is 18.8. The molecule has 0 aliphatic carbocycles. The maximum atomic E-state index is 12.1. The molecule has 33 heavy (non-hydrogen) atoms. The lowest BCUT2D eigenvalue weighted by Crippen LogP contribution is -2.41. The van der Waals surface area contributed by atoms with Crippen LogP contribution in [0.5, 0.6) is 0 Å². The fraction of sp³-hybridized carbons (Fsp3) is 0.700. The van der Waals surface area contributed by atoms with Gasteiger partial charge in [0.2, 0.25) is 0 Å². The molecule has 0 bridgehead atoms. The lowest BCUT2D eigenvalue weighted by atomic mass is 10.1. The van der Waals surface area contributed by atoms with E-state index < -0.39 is 53.6 Å². The average molecular weight is 471 g/mol. The molecule has 2 unspecified atom stereocenters. The molecule has 0 aromatic heterocycles. The van der Waals surface area contributed by atoms with Gasteiger partial charge in [-0.25, -0.2) is 14.4 Å². The lowest BCUT2D eigenvalue weighted by Gasteiger charge is -2.25. The molecular formula is C20H29N3O10. The van der Waals surface area contributed by atoms with Gasteiger partial charge in [0.25, 0.3) is 23.6 Å². The van der Waals surface area contributed by atoms with Crippen LogP contribution < -0.4 is 5.32 Å². The molecule has 2 fully saturated rings. The van der Waals surface area contributed by atoms with Crippen LogP contribution in [-0.2, 0) is 38.4 Å². The molecule has 0 aromatic carbocycles. The van der Waals surface area contributed by atoms with E-state index in [1.54, 1.807) is 20.8 Å². The van der Waals surface area contributed by atoms with E-state index in [9.17, 15) is 33.9 Å². The molecule has 0 radical (unpaired) electrons. The number of amides is 5. The summed E-state index contributed by atoms with van der Waals surface area (Å²) in [6.07, 6.45) is -2.56. The molecule has 2 aliphatic heterocycles. The van der Waals surface area contributed by atoms with Crippen molar-refractivity contribution in [1.82, 2.24) is 15.4 Å². The van der Waals surface area contributed by atoms with Crippen LogP contribution in [0.2, 0.25) is 0 Å². The predicted molar refractivity (Wildman–Crippen MR) is 107 cm³/mol. The summed E-state index contributed by atoms with van der Waals surface area (Å²) in [5.41, 5.74) is -0.775. The molecular weight excluding hydrogens is 442 g/mol. The Kier molecular flexibility index (Phi) is 8.88. The topological polar surface area (TPSA) is 169 Å². The molecule has 184 valence electrons. The van der Waals surface area contributed by atoms with Gasteiger partial charge in [-0.05, 0) is 33.6 Å². The number of aliphatic hydroxyl groups is 1. The molecule has 2 heterocycles. The van der Waals surface area contributed by atoms with Crippen molar-refractivity contribution < 1.29 is 48.3 Å². The highest BCUT2D eigenvalue weighted by Gasteiger charge is 2.34. The Morgan fingerprint density at radius 3 is 1.94 bits per heavy atom. The molecule has 2 N–H and O–H groups in total. The fourth-order valence-electron chi connectivity index (χ4n) is 3.05. The van der Waals surface area contributed by atoms with Gasteiger partial charge in [0, 0.05) is 44.6 Å². The number of nitrogens with one attached hydrogen (secondary N) is 1. The number of nitrogens with zero attached hydrogens (tertiary/aromatic N) is 2. The van der Waals surface area contributed by atoms with Crippen molar-refractivity contribution in [2.75, 3.05) is 0 Å². The smallest absolute Gasteiger partial charge is 0.407 e. The van der Waals surface area contributed by atoms with Crippen LogP contribution in [0.3, 0.4) is 0 Å². The Morgan fingerprint density at radius 1 is 0.909 bits per heavy atom. The van der Waals surface area contributed by atoms with E-state index in [0.29, 0.717) is 10.1 Å². The molecule has 2 saturated heterocycles. The van der Waals surface area contributed by atoms with Crippen LogP contribution in [0.1, 0.15) is 72.1 Å². The summed E-state index contributed by atoms with van der Waals surface area (Å²) >= 11 is 0. The van der Waals surface area contributed by atoms with E-state index in [1.807, 2.05) is 0 Å². The van der Waals surface area contributed by atoms with Gasteiger partial charge in [-0.15, -0.1) is 5.06 Å². The maximum absolute atomic E-state index is 12.1. The van der Waals surface area contributed by atoms with Gasteiger partial charge in [0.1, 0.15) is 5.60 Å². The molecule has 2 rings (SSSR count). The summed E-state index contributed by atoms with van der Waals surface area (Å²) in [5.74, 6) is -3.18. The Balaban J connectivity index is 1.90. The third-order valence-electron chi connectivity index (χ3n) is 4.61. The molecule has 2 aliphatic rings. The van der Waals surface area contributed by atoms with Crippen LogP contribution in [0.4, 0.5) is 4.79 Å². The number of carbonyl (C=O) groups is 6. The van der Waals surface area contributed by atoms with Crippen LogP contribution in [0, 0.1) is 0 Å². The molecule has 13 nitrogen and oxygen atoms in total. The van der Waals surface area contributed by atoms with Crippen LogP contribution in [0.25, 0.3) is 0 Å². The Morgan fingerprint density at radius 2 is 1.42 bits per heavy atom. The Labute approximate surface area is 190 Å². The van der Waals surface area contributed by atoms with E-state index in [-0.39, 0.29) is 51.4 Å². The van der Waals surface area contributed by atoms with Crippen molar-refractivity contribution in [3.05, 3.63) is 0 Å². The molecule has 0 aromatic rings. The van der Waals surface area contributed by atoms with Crippen molar-refractivity contribution in [3.8, 4) is 0 Å². The minimum Gasteiger partial charge on any atom is -0.444 e. The maximum Gasteiger partial charge on any atom is 0.407 e. The summed E-state index contributed by atoms with van der Waals surface area (Å²) in [6.45, 7) is 5.01. The summed E-state index contributed by atoms with van der Waals surface area (Å²) in [4.78, 5) is 80.3. The minimum absolute atomic E-state index is 0.00148. The normalized spacial score (nSPS) is 18.5. The van der Waals surface area contributed by atoms with E-state index in [0.717, 1.165) is 0 Å². The van der Waals surface area contributed by atoms with Crippen molar-refractivity contribution in [2.24, 2.45) is 0 Å². The number of rotatable bonds is 10. The third-order valence-corrected chi connectivity index (χ3v) is 4.61. The second-order valence-corrected chi connectivity index (χ2v) is 8.65. The lowest BCUT2D eigenvalue weighted by molar-refractivity contribution is -0.246. The number of imide groups is 2. The van der Waals surface area contributed by atoms with Gasteiger partial charge in [0.15, 0.2) is 6.29 Å². The van der Waals surface area contributed by atoms with E-state index in [2.05, 4.69) is 5.32 Å². The van der Waals surface area contributed by atoms with Gasteiger partial charge >= 0.3 is 12.1 Å². The van der Waals surface area contributed by atoms with E-state index >= 15 is 0 Å². The number of hydroxylamine groups is 4. The van der Waals surface area contributed by atoms with Crippen LogP contribution in [0.15, 0.2) is 0 Å². The highest BCUT2D eigenvalue weighted by Crippen LogP contribution is 2.18. The summed E-state index contributed by atoms with van der Waals surface area (Å²) < 4.78 is 5.20. The quantitative estimate of drug-likeness (QED) is 0.337. The van der Waals surface area contributed by atoms with Crippen LogP contribution >= 0.6 is 0 Å². The Hall–Kier alpha value is -3.06. The first-order chi connectivity index (χ1) is 15.4. The summed E-state index contributed by atoms with van der Waals surface area (Å²) in [5, 5.41) is 13.6. The second kappa shape index (κ2) is 11.2. The zero-order chi connectivity index (χ0) is 24.8. The average Bonchev–Trinajstić information content (AvgIpc) is 3.18. The zero-order valence-electron chi connectivity index (χ0n) is 18.8. The number of alkyl carbamates (subject to hydrolysis) is 1. The van der Waals surface area contributed by atoms with Crippen molar-refractivity contribution in [1.29, 1.82) is 0 Å². The molecule has 0 spiro atoms. The van der Waals surface area contributed by atoms with Gasteiger partial charge < -0.3 is 20.0 Å². The number of carbonyl (C=O) groups excluding carboxylic acids is 6. The first-order valence-electron chi connectivity index (χ1n) is 10.6. The number of ether oxygens (including phenoxy) is 1. The standard InChI is InChI=1S/C20H29N3O10/c1-20(2,3)31-19(30)21-12(4-10-17(28)32-22-13(24)6-7-14(22)25)5-11-18(29)33-23-15(26)8-9-16(23)27/h12,17,28H,4-11H2,1-3H3,(H,21,30). The largest absolute Gasteiger partial charge is 0.444 e. The van der Waals surface area contributed by atoms with Crippen molar-refractivity contribution >= 4 is 35.7 Å². The van der Waals surface area contributed by atoms with Gasteiger partial charge in [-0.2, -0.15) is 5.06 Å². The van der Waals surface area contributed by atoms with Gasteiger partial charge in [-0.3, -0.25) is 19.2 Å². The molecule has 5 amide bonds. The number of hydrogen-bond donors (Lipinski definition) is 2. The Bertz CT molecular complexity index is 774. The van der Waals surface area contributed by atoms with Crippen molar-refractivity contribution in [3.63, 3.8) is 0 Å². The minimum atomic E-state index is -1.51. The van der Waals surface area contributed by atoms with Gasteiger partial charge in [-0.1, -0.05) is 0 Å². The number of aliphatic hydroxyl groups excluding tert-OH is 1. The van der Waals surface area contributed by atoms with Crippen molar-refractivity contribution in [2.45, 2.75) is 90.1 Å². The van der Waals surface area contributed by atoms with Gasteiger partial charge in [0.05, 0.1) is 0 Å². The molecule has 13 heteroatoms. The third kappa shape index (κ3) is 8.42. The first-order valence-corrected chi connectivity index (χ1v) is 10.6. The molecule has 0 saturated carbocycles. The monoisotopic (exact) mass is 471 g/mol. The highest BCUT2D eigenvalue weighted by atomic mass is 16.8. The SMILES string of the molecule is CC(C)(C)OC(=O)NC(CCC(=O)ON1C(=O)CCC1=O)CCC(O)ON1C(=O)CCC1=O. The van der Waals surface area contributed by atoms with E-state index in [1.165, 1.54) is 0 Å². The summed E-state index contributed by atoms with van der Waals surface area (Å²) in [6, 6.07) is -0.694. The molecule has 2 atom stereocenters. The first kappa shape index (κ1) is 26.2. The summed E-state index contributed by atoms with van der Waals surface area (Å²) in [7, 11) is 0.